The molecular weight excluding hydrogens is 317 g/mol. The lowest BCUT2D eigenvalue weighted by Crippen LogP contribution is -2.36. The van der Waals surface area contributed by atoms with E-state index in [4.69, 9.17) is 23.2 Å². The van der Waals surface area contributed by atoms with Crippen LogP contribution in [0.15, 0.2) is 34.2 Å². The second kappa shape index (κ2) is 5.34. The van der Waals surface area contributed by atoms with E-state index in [2.05, 4.69) is 0 Å². The van der Waals surface area contributed by atoms with Gasteiger partial charge in [-0.2, -0.15) is 4.31 Å². The van der Waals surface area contributed by atoms with Crippen LogP contribution in [0.2, 0.25) is 10.0 Å². The summed E-state index contributed by atoms with van der Waals surface area (Å²) >= 11 is 11.9. The van der Waals surface area contributed by atoms with Crippen LogP contribution in [0.4, 0.5) is 0 Å². The van der Waals surface area contributed by atoms with Crippen molar-refractivity contribution in [2.24, 2.45) is 0 Å². The summed E-state index contributed by atoms with van der Waals surface area (Å²) in [7, 11) is -3.55. The monoisotopic (exact) mass is 331 g/mol. The molecule has 0 radical (unpaired) electrons. The van der Waals surface area contributed by atoms with Crippen molar-refractivity contribution in [3.63, 3.8) is 0 Å². The lowest BCUT2D eigenvalue weighted by atomic mass is 10.1. The van der Waals surface area contributed by atoms with Crippen molar-refractivity contribution in [2.75, 3.05) is 13.1 Å². The third-order valence-corrected chi connectivity index (χ3v) is 6.45. The quantitative estimate of drug-likeness (QED) is 0.771. The van der Waals surface area contributed by atoms with Crippen LogP contribution in [0.25, 0.3) is 0 Å². The first kappa shape index (κ1) is 14.4. The average molecular weight is 332 g/mol. The van der Waals surface area contributed by atoms with E-state index in [1.165, 1.54) is 40.4 Å². The van der Waals surface area contributed by atoms with Gasteiger partial charge in [-0.25, -0.2) is 8.42 Å². The molecule has 20 heavy (non-hydrogen) atoms. The Hall–Kier alpha value is -0.550. The van der Waals surface area contributed by atoms with Gasteiger partial charge in [0, 0.05) is 18.1 Å². The van der Waals surface area contributed by atoms with Crippen molar-refractivity contribution in [3.05, 3.63) is 39.4 Å². The Morgan fingerprint density at radius 2 is 1.55 bits per heavy atom. The molecule has 0 atom stereocenters. The highest BCUT2D eigenvalue weighted by Crippen LogP contribution is 2.37. The smallest absolute Gasteiger partial charge is 0.207 e. The number of rotatable bonds is 2. The molecule has 3 rings (SSSR count). The maximum Gasteiger partial charge on any atom is 0.244 e. The van der Waals surface area contributed by atoms with E-state index in [-0.39, 0.29) is 9.92 Å². The fourth-order valence-electron chi connectivity index (χ4n) is 2.58. The Balaban J connectivity index is 1.85. The molecule has 0 amide bonds. The number of sulfonamides is 1. The molecule has 1 saturated carbocycles. The Morgan fingerprint density at radius 1 is 0.950 bits per heavy atom. The van der Waals surface area contributed by atoms with Crippen LogP contribution >= 0.6 is 23.2 Å². The highest BCUT2D eigenvalue weighted by atomic mass is 35.5. The molecule has 0 N–H and O–H groups in total. The topological polar surface area (TPSA) is 37.4 Å². The molecule has 0 spiro atoms. The molecule has 3 nitrogen and oxygen atoms in total. The number of benzene rings is 1. The van der Waals surface area contributed by atoms with Crippen LogP contribution in [0.5, 0.6) is 0 Å². The van der Waals surface area contributed by atoms with Gasteiger partial charge in [0.25, 0.3) is 0 Å². The molecule has 0 bridgehead atoms. The number of nitrogens with zero attached hydrogens (tertiary/aromatic N) is 1. The minimum Gasteiger partial charge on any atom is -0.207 e. The molecule has 2 aliphatic rings. The Morgan fingerprint density at radius 3 is 2.15 bits per heavy atom. The van der Waals surface area contributed by atoms with E-state index < -0.39 is 10.0 Å². The molecule has 1 aromatic rings. The Kier molecular flexibility index (Phi) is 3.84. The lowest BCUT2D eigenvalue weighted by Gasteiger charge is -2.28. The molecule has 1 aliphatic heterocycles. The zero-order valence-corrected chi connectivity index (χ0v) is 13.2. The maximum absolute atomic E-state index is 12.6. The van der Waals surface area contributed by atoms with E-state index in [9.17, 15) is 8.42 Å². The van der Waals surface area contributed by atoms with Crippen molar-refractivity contribution >= 4 is 33.2 Å². The number of piperidine rings is 1. The summed E-state index contributed by atoms with van der Waals surface area (Å²) < 4.78 is 26.7. The highest BCUT2D eigenvalue weighted by molar-refractivity contribution is 7.89. The van der Waals surface area contributed by atoms with E-state index in [0.717, 1.165) is 12.8 Å². The summed E-state index contributed by atoms with van der Waals surface area (Å²) in [5.41, 5.74) is 2.98. The van der Waals surface area contributed by atoms with Crippen LogP contribution in [-0.2, 0) is 10.0 Å². The van der Waals surface area contributed by atoms with Crippen LogP contribution in [0.3, 0.4) is 0 Å². The van der Waals surface area contributed by atoms with Crippen LogP contribution in [-0.4, -0.2) is 25.8 Å². The first-order valence-corrected chi connectivity index (χ1v) is 8.83. The summed E-state index contributed by atoms with van der Waals surface area (Å²) in [5, 5.41) is 0.603. The maximum atomic E-state index is 12.6. The van der Waals surface area contributed by atoms with Crippen molar-refractivity contribution in [2.45, 2.75) is 30.6 Å². The van der Waals surface area contributed by atoms with E-state index in [0.29, 0.717) is 18.1 Å². The summed E-state index contributed by atoms with van der Waals surface area (Å²) in [4.78, 5) is 0.106. The van der Waals surface area contributed by atoms with E-state index >= 15 is 0 Å². The molecule has 0 unspecified atom stereocenters. The molecule has 2 fully saturated rings. The van der Waals surface area contributed by atoms with Crippen molar-refractivity contribution < 1.29 is 8.42 Å². The fraction of sp³-hybridized carbons (Fsp3) is 0.429. The third-order valence-electron chi connectivity index (χ3n) is 3.84. The second-order valence-electron chi connectivity index (χ2n) is 5.19. The molecule has 6 heteroatoms. The summed E-state index contributed by atoms with van der Waals surface area (Å²) in [6.45, 7) is 1.06. The molecule has 1 heterocycles. The minimum atomic E-state index is -3.55. The first-order valence-electron chi connectivity index (χ1n) is 6.63. The second-order valence-corrected chi connectivity index (χ2v) is 7.94. The zero-order valence-electron chi connectivity index (χ0n) is 10.9. The molecule has 1 aliphatic carbocycles. The van der Waals surface area contributed by atoms with Gasteiger partial charge in [-0.05, 0) is 43.9 Å². The van der Waals surface area contributed by atoms with Crippen molar-refractivity contribution in [3.8, 4) is 0 Å². The van der Waals surface area contributed by atoms with Gasteiger partial charge in [-0.1, -0.05) is 34.3 Å². The summed E-state index contributed by atoms with van der Waals surface area (Å²) in [6, 6.07) is 4.54. The van der Waals surface area contributed by atoms with Crippen LogP contribution in [0, 0.1) is 0 Å². The molecular formula is C14H15Cl2NO2S. The third kappa shape index (κ3) is 2.75. The standard InChI is InChI=1S/C14H15Cl2NO2S/c15-12-3-4-13(16)14(9-12)20(18,19)17-7-5-11(6-8-17)10-1-2-10/h3-4,9H,1-2,5-8H2. The molecule has 0 aromatic heterocycles. The highest BCUT2D eigenvalue weighted by Gasteiger charge is 2.31. The largest absolute Gasteiger partial charge is 0.244 e. The van der Waals surface area contributed by atoms with Gasteiger partial charge in [0.1, 0.15) is 4.90 Å². The minimum absolute atomic E-state index is 0.106. The molecule has 108 valence electrons. The first-order chi connectivity index (χ1) is 9.48. The summed E-state index contributed by atoms with van der Waals surface area (Å²) in [6.07, 6.45) is 4.07. The number of hydrogen-bond acceptors (Lipinski definition) is 2. The van der Waals surface area contributed by atoms with Crippen LogP contribution < -0.4 is 0 Å². The van der Waals surface area contributed by atoms with Crippen molar-refractivity contribution in [1.82, 2.24) is 4.31 Å². The molecule has 1 saturated heterocycles. The predicted octanol–water partition coefficient (Wildman–Crippen LogP) is 3.87. The van der Waals surface area contributed by atoms with Gasteiger partial charge >= 0.3 is 0 Å². The Labute approximate surface area is 129 Å². The number of hydrogen-bond donors (Lipinski definition) is 0. The Bertz CT molecular complexity index is 666. The predicted molar refractivity (Wildman–Crippen MR) is 80.7 cm³/mol. The van der Waals surface area contributed by atoms with Gasteiger partial charge in [0.15, 0.2) is 0 Å². The van der Waals surface area contributed by atoms with Crippen LogP contribution in [0.1, 0.15) is 25.7 Å². The van der Waals surface area contributed by atoms with Gasteiger partial charge in [0.2, 0.25) is 10.0 Å². The van der Waals surface area contributed by atoms with Gasteiger partial charge in [-0.15, -0.1) is 0 Å². The van der Waals surface area contributed by atoms with Gasteiger partial charge in [-0.3, -0.25) is 0 Å². The van der Waals surface area contributed by atoms with Gasteiger partial charge < -0.3 is 0 Å². The van der Waals surface area contributed by atoms with Gasteiger partial charge in [0.05, 0.1) is 5.02 Å². The summed E-state index contributed by atoms with van der Waals surface area (Å²) in [5.74, 6) is 0. The lowest BCUT2D eigenvalue weighted by molar-refractivity contribution is 0.386. The number of allylic oxidation sites excluding steroid dienone is 1. The number of halogens is 2. The SMILES string of the molecule is O=S(=O)(c1cc(Cl)ccc1Cl)N1CCC(=C2CC2)CC1. The average Bonchev–Trinajstić information content (AvgIpc) is 3.26. The van der Waals surface area contributed by atoms with E-state index in [1.807, 2.05) is 0 Å². The van der Waals surface area contributed by atoms with Crippen molar-refractivity contribution in [1.29, 1.82) is 0 Å². The fourth-order valence-corrected chi connectivity index (χ4v) is 4.76. The zero-order chi connectivity index (χ0) is 14.3. The normalized spacial score (nSPS) is 20.3. The van der Waals surface area contributed by atoms with E-state index in [1.54, 1.807) is 6.07 Å². The molecule has 1 aromatic carbocycles.